The molecule has 0 bridgehead atoms. The molecule has 0 amide bonds. The zero-order valence-corrected chi connectivity index (χ0v) is 12.0. The molecule has 21 heavy (non-hydrogen) atoms. The van der Waals surface area contributed by atoms with Gasteiger partial charge >= 0.3 is 0 Å². The van der Waals surface area contributed by atoms with Gasteiger partial charge in [0.2, 0.25) is 0 Å². The number of hydrogen-bond acceptors (Lipinski definition) is 2. The minimum absolute atomic E-state index is 0.614. The topological polar surface area (TPSA) is 33.4 Å². The highest BCUT2D eigenvalue weighted by molar-refractivity contribution is 5.78. The molecule has 1 saturated carbocycles. The summed E-state index contributed by atoms with van der Waals surface area (Å²) < 4.78 is 5.81. The standard InChI is InChI=1S/C19H18O2/c1-12-5-8-17-16(9-12)11-18(21-17)19(20)15-4-2-3-14(10-15)13-6-7-13/h2-5,8-11,13,19-20H,6-7H2,1H3. The molecule has 0 aliphatic heterocycles. The second kappa shape index (κ2) is 4.74. The first-order valence-electron chi connectivity index (χ1n) is 7.49. The Kier molecular flexibility index (Phi) is 2.86. The van der Waals surface area contributed by atoms with E-state index in [4.69, 9.17) is 4.42 Å². The van der Waals surface area contributed by atoms with Crippen LogP contribution in [0.2, 0.25) is 0 Å². The van der Waals surface area contributed by atoms with Gasteiger partial charge in [-0.3, -0.25) is 0 Å². The van der Waals surface area contributed by atoms with Gasteiger partial charge in [0, 0.05) is 5.39 Å². The number of furan rings is 1. The van der Waals surface area contributed by atoms with E-state index in [1.165, 1.54) is 24.0 Å². The molecule has 1 fully saturated rings. The van der Waals surface area contributed by atoms with Gasteiger partial charge in [-0.2, -0.15) is 0 Å². The van der Waals surface area contributed by atoms with Gasteiger partial charge in [-0.1, -0.05) is 35.9 Å². The second-order valence-electron chi connectivity index (χ2n) is 6.04. The van der Waals surface area contributed by atoms with Gasteiger partial charge in [-0.05, 0) is 55.0 Å². The van der Waals surface area contributed by atoms with Crippen LogP contribution in [0.5, 0.6) is 0 Å². The average molecular weight is 278 g/mol. The Balaban J connectivity index is 1.71. The van der Waals surface area contributed by atoms with Gasteiger partial charge in [0.15, 0.2) is 0 Å². The molecule has 0 radical (unpaired) electrons. The van der Waals surface area contributed by atoms with Crippen LogP contribution >= 0.6 is 0 Å². The lowest BCUT2D eigenvalue weighted by molar-refractivity contribution is 0.192. The first-order valence-corrected chi connectivity index (χ1v) is 7.49. The molecule has 1 atom stereocenters. The lowest BCUT2D eigenvalue weighted by Crippen LogP contribution is -1.98. The highest BCUT2D eigenvalue weighted by atomic mass is 16.4. The molecule has 4 rings (SSSR count). The quantitative estimate of drug-likeness (QED) is 0.753. The van der Waals surface area contributed by atoms with E-state index in [0.717, 1.165) is 16.5 Å². The van der Waals surface area contributed by atoms with Gasteiger partial charge in [0.25, 0.3) is 0 Å². The van der Waals surface area contributed by atoms with Crippen molar-refractivity contribution in [3.05, 3.63) is 71.0 Å². The van der Waals surface area contributed by atoms with Crippen LogP contribution in [0.25, 0.3) is 11.0 Å². The molecule has 1 aliphatic carbocycles. The molecule has 2 heteroatoms. The summed E-state index contributed by atoms with van der Waals surface area (Å²) in [7, 11) is 0. The third kappa shape index (κ3) is 2.36. The molecular weight excluding hydrogens is 260 g/mol. The van der Waals surface area contributed by atoms with E-state index in [1.807, 2.05) is 30.3 Å². The summed E-state index contributed by atoms with van der Waals surface area (Å²) in [5.41, 5.74) is 4.27. The predicted octanol–water partition coefficient (Wildman–Crippen LogP) is 4.70. The highest BCUT2D eigenvalue weighted by Crippen LogP contribution is 2.41. The third-order valence-corrected chi connectivity index (χ3v) is 4.24. The molecular formula is C19H18O2. The van der Waals surface area contributed by atoms with E-state index in [2.05, 4.69) is 25.1 Å². The molecule has 2 nitrogen and oxygen atoms in total. The van der Waals surface area contributed by atoms with Crippen molar-refractivity contribution in [2.24, 2.45) is 0 Å². The van der Waals surface area contributed by atoms with E-state index in [9.17, 15) is 5.11 Å². The minimum atomic E-state index is -0.698. The smallest absolute Gasteiger partial charge is 0.138 e. The first kappa shape index (κ1) is 12.7. The van der Waals surface area contributed by atoms with E-state index in [0.29, 0.717) is 11.7 Å². The molecule has 1 aliphatic rings. The number of benzene rings is 2. The van der Waals surface area contributed by atoms with E-state index >= 15 is 0 Å². The van der Waals surface area contributed by atoms with Gasteiger partial charge in [-0.15, -0.1) is 0 Å². The molecule has 1 heterocycles. The molecule has 3 aromatic rings. The SMILES string of the molecule is Cc1ccc2oc(C(O)c3cccc(C4CC4)c3)cc2c1. The number of rotatable bonds is 3. The van der Waals surface area contributed by atoms with Gasteiger partial charge in [0.1, 0.15) is 17.4 Å². The van der Waals surface area contributed by atoms with Crippen molar-refractivity contribution in [1.82, 2.24) is 0 Å². The molecule has 2 aromatic carbocycles. The second-order valence-corrected chi connectivity index (χ2v) is 6.04. The molecule has 106 valence electrons. The Labute approximate surface area is 124 Å². The van der Waals surface area contributed by atoms with Crippen molar-refractivity contribution in [1.29, 1.82) is 0 Å². The summed E-state index contributed by atoms with van der Waals surface area (Å²) in [5, 5.41) is 11.6. The summed E-state index contributed by atoms with van der Waals surface area (Å²) in [4.78, 5) is 0. The van der Waals surface area contributed by atoms with Crippen molar-refractivity contribution in [2.45, 2.75) is 31.8 Å². The Morgan fingerprint density at radius 1 is 1.10 bits per heavy atom. The lowest BCUT2D eigenvalue weighted by atomic mass is 10.0. The Morgan fingerprint density at radius 3 is 2.76 bits per heavy atom. The number of fused-ring (bicyclic) bond motifs is 1. The van der Waals surface area contributed by atoms with Crippen molar-refractivity contribution < 1.29 is 9.52 Å². The zero-order valence-electron chi connectivity index (χ0n) is 12.0. The van der Waals surface area contributed by atoms with Crippen LogP contribution in [-0.4, -0.2) is 5.11 Å². The van der Waals surface area contributed by atoms with Crippen LogP contribution in [0.3, 0.4) is 0 Å². The van der Waals surface area contributed by atoms with Crippen LogP contribution in [0, 0.1) is 6.92 Å². The fourth-order valence-corrected chi connectivity index (χ4v) is 2.88. The van der Waals surface area contributed by atoms with Crippen molar-refractivity contribution in [3.8, 4) is 0 Å². The molecule has 1 unspecified atom stereocenters. The van der Waals surface area contributed by atoms with Gasteiger partial charge in [0.05, 0.1) is 0 Å². The summed E-state index contributed by atoms with van der Waals surface area (Å²) in [6.07, 6.45) is 1.84. The van der Waals surface area contributed by atoms with Crippen molar-refractivity contribution in [3.63, 3.8) is 0 Å². The molecule has 1 N–H and O–H groups in total. The summed E-state index contributed by atoms with van der Waals surface area (Å²) in [6.45, 7) is 2.06. The lowest BCUT2D eigenvalue weighted by Gasteiger charge is -2.09. The molecule has 1 aromatic heterocycles. The number of aliphatic hydroxyl groups excluding tert-OH is 1. The third-order valence-electron chi connectivity index (χ3n) is 4.24. The highest BCUT2D eigenvalue weighted by Gasteiger charge is 2.24. The number of hydrogen-bond donors (Lipinski definition) is 1. The van der Waals surface area contributed by atoms with E-state index < -0.39 is 6.10 Å². The van der Waals surface area contributed by atoms with Crippen LogP contribution in [0.4, 0.5) is 0 Å². The monoisotopic (exact) mass is 278 g/mol. The first-order chi connectivity index (χ1) is 10.2. The Morgan fingerprint density at radius 2 is 1.95 bits per heavy atom. The Hall–Kier alpha value is -2.06. The van der Waals surface area contributed by atoms with Gasteiger partial charge < -0.3 is 9.52 Å². The molecule has 0 spiro atoms. The number of aliphatic hydroxyl groups is 1. The molecule has 0 saturated heterocycles. The zero-order chi connectivity index (χ0) is 14.4. The maximum Gasteiger partial charge on any atom is 0.138 e. The van der Waals surface area contributed by atoms with Crippen LogP contribution in [0.1, 0.15) is 47.3 Å². The normalized spacial score (nSPS) is 16.3. The maximum atomic E-state index is 10.6. The van der Waals surface area contributed by atoms with Crippen LogP contribution in [-0.2, 0) is 0 Å². The average Bonchev–Trinajstić information content (AvgIpc) is 3.26. The Bertz CT molecular complexity index is 796. The largest absolute Gasteiger partial charge is 0.458 e. The number of aryl methyl sites for hydroxylation is 1. The maximum absolute atomic E-state index is 10.6. The van der Waals surface area contributed by atoms with Crippen LogP contribution < -0.4 is 0 Å². The van der Waals surface area contributed by atoms with E-state index in [1.54, 1.807) is 0 Å². The summed E-state index contributed by atoms with van der Waals surface area (Å²) >= 11 is 0. The minimum Gasteiger partial charge on any atom is -0.458 e. The predicted molar refractivity (Wildman–Crippen MR) is 83.4 cm³/mol. The summed E-state index contributed by atoms with van der Waals surface area (Å²) in [6, 6.07) is 16.3. The fourth-order valence-electron chi connectivity index (χ4n) is 2.88. The summed E-state index contributed by atoms with van der Waals surface area (Å²) in [5.74, 6) is 1.30. The fraction of sp³-hybridized carbons (Fsp3) is 0.263. The van der Waals surface area contributed by atoms with E-state index in [-0.39, 0.29) is 0 Å². The van der Waals surface area contributed by atoms with Gasteiger partial charge in [-0.25, -0.2) is 0 Å². The van der Waals surface area contributed by atoms with Crippen molar-refractivity contribution in [2.75, 3.05) is 0 Å². The van der Waals surface area contributed by atoms with Crippen LogP contribution in [0.15, 0.2) is 52.9 Å². The van der Waals surface area contributed by atoms with Crippen molar-refractivity contribution >= 4 is 11.0 Å².